The van der Waals surface area contributed by atoms with Crippen LogP contribution in [-0.4, -0.2) is 26.9 Å². The van der Waals surface area contributed by atoms with Crippen LogP contribution in [0.5, 0.6) is 0 Å². The van der Waals surface area contributed by atoms with E-state index in [1.54, 1.807) is 47.4 Å². The lowest BCUT2D eigenvalue weighted by Crippen LogP contribution is -2.37. The number of nitrogens with one attached hydrogen (secondary N) is 1. The van der Waals surface area contributed by atoms with Gasteiger partial charge < -0.3 is 4.90 Å². The Hall–Kier alpha value is -1.89. The van der Waals surface area contributed by atoms with E-state index in [9.17, 15) is 13.2 Å². The van der Waals surface area contributed by atoms with Crippen molar-refractivity contribution in [1.29, 1.82) is 0 Å². The first-order valence-corrected chi connectivity index (χ1v) is 8.95. The summed E-state index contributed by atoms with van der Waals surface area (Å²) >= 11 is 5.84. The minimum absolute atomic E-state index is 0.118. The van der Waals surface area contributed by atoms with Gasteiger partial charge >= 0.3 is 0 Å². The van der Waals surface area contributed by atoms with Gasteiger partial charge in [-0.3, -0.25) is 4.79 Å². The van der Waals surface area contributed by atoms with Crippen molar-refractivity contribution in [2.45, 2.75) is 17.4 Å². The topological polar surface area (TPSA) is 66.5 Å². The number of nitrogens with zero attached hydrogens (tertiary/aromatic N) is 1. The molecule has 0 unspecified atom stereocenters. The van der Waals surface area contributed by atoms with E-state index in [1.807, 2.05) is 0 Å². The van der Waals surface area contributed by atoms with E-state index in [4.69, 9.17) is 11.6 Å². The molecule has 0 saturated carbocycles. The van der Waals surface area contributed by atoms with E-state index in [1.165, 1.54) is 12.1 Å². The van der Waals surface area contributed by atoms with Gasteiger partial charge in [-0.05, 0) is 36.4 Å². The summed E-state index contributed by atoms with van der Waals surface area (Å²) in [6.07, 6.45) is 0.134. The second kappa shape index (κ2) is 6.31. The quantitative estimate of drug-likeness (QED) is 0.920. The Kier molecular flexibility index (Phi) is 4.39. The van der Waals surface area contributed by atoms with E-state index in [-0.39, 0.29) is 17.2 Å². The number of anilines is 1. The van der Waals surface area contributed by atoms with Gasteiger partial charge in [0.05, 0.1) is 4.90 Å². The molecule has 1 aliphatic heterocycles. The van der Waals surface area contributed by atoms with E-state index in [0.29, 0.717) is 17.3 Å². The lowest BCUT2D eigenvalue weighted by atomic mass is 10.3. The predicted molar refractivity (Wildman–Crippen MR) is 89.0 cm³/mol. The van der Waals surface area contributed by atoms with Gasteiger partial charge in [-0.1, -0.05) is 29.8 Å². The first-order chi connectivity index (χ1) is 11.0. The molecule has 23 heavy (non-hydrogen) atoms. The molecule has 1 aliphatic rings. The molecule has 1 fully saturated rings. The van der Waals surface area contributed by atoms with Gasteiger partial charge in [-0.15, -0.1) is 0 Å². The van der Waals surface area contributed by atoms with Gasteiger partial charge in [0.25, 0.3) is 0 Å². The Morgan fingerprint density at radius 3 is 2.35 bits per heavy atom. The third-order valence-corrected chi connectivity index (χ3v) is 5.43. The maximum Gasteiger partial charge on any atom is 0.240 e. The number of hydrogen-bond acceptors (Lipinski definition) is 3. The Morgan fingerprint density at radius 2 is 1.70 bits per heavy atom. The molecule has 0 aromatic heterocycles. The minimum atomic E-state index is -3.63. The van der Waals surface area contributed by atoms with Crippen molar-refractivity contribution in [1.82, 2.24) is 4.72 Å². The molecule has 5 nitrogen and oxygen atoms in total. The van der Waals surface area contributed by atoms with Crippen LogP contribution in [-0.2, 0) is 14.8 Å². The van der Waals surface area contributed by atoms with Crippen LogP contribution >= 0.6 is 11.6 Å². The Morgan fingerprint density at radius 1 is 1.04 bits per heavy atom. The predicted octanol–water partition coefficient (Wildman–Crippen LogP) is 2.42. The van der Waals surface area contributed by atoms with Crippen molar-refractivity contribution >= 4 is 33.2 Å². The van der Waals surface area contributed by atoms with Gasteiger partial charge in [0, 0.05) is 29.7 Å². The van der Waals surface area contributed by atoms with Gasteiger partial charge in [0.2, 0.25) is 15.9 Å². The average molecular weight is 351 g/mol. The van der Waals surface area contributed by atoms with Crippen molar-refractivity contribution < 1.29 is 13.2 Å². The molecule has 2 aromatic rings. The molecule has 0 radical (unpaired) electrons. The molecule has 0 aliphatic carbocycles. The molecular formula is C16H15ClN2O3S. The number of carbonyl (C=O) groups is 1. The van der Waals surface area contributed by atoms with E-state index < -0.39 is 16.1 Å². The fourth-order valence-corrected chi connectivity index (χ4v) is 3.92. The fourth-order valence-electron chi connectivity index (χ4n) is 2.54. The lowest BCUT2D eigenvalue weighted by molar-refractivity contribution is -0.117. The van der Waals surface area contributed by atoms with Gasteiger partial charge in [0.1, 0.15) is 0 Å². The highest BCUT2D eigenvalue weighted by molar-refractivity contribution is 7.89. The molecule has 0 bridgehead atoms. The van der Waals surface area contributed by atoms with Crippen LogP contribution in [0.2, 0.25) is 5.02 Å². The van der Waals surface area contributed by atoms with Crippen molar-refractivity contribution in [3.63, 3.8) is 0 Å². The monoisotopic (exact) mass is 350 g/mol. The van der Waals surface area contributed by atoms with Crippen LogP contribution < -0.4 is 9.62 Å². The summed E-state index contributed by atoms with van der Waals surface area (Å²) in [6.45, 7) is 0.298. The maximum absolute atomic E-state index is 12.3. The summed E-state index contributed by atoms with van der Waals surface area (Å²) in [7, 11) is -3.63. The summed E-state index contributed by atoms with van der Waals surface area (Å²) in [5, 5.41) is 0.585. The summed E-state index contributed by atoms with van der Waals surface area (Å²) in [5.74, 6) is -0.118. The highest BCUT2D eigenvalue weighted by atomic mass is 35.5. The third-order valence-electron chi connectivity index (χ3n) is 3.64. The molecule has 1 amide bonds. The molecule has 1 atom stereocenters. The van der Waals surface area contributed by atoms with Crippen molar-refractivity contribution in [3.8, 4) is 0 Å². The zero-order chi connectivity index (χ0) is 16.4. The zero-order valence-electron chi connectivity index (χ0n) is 12.1. The molecule has 7 heteroatoms. The molecule has 1 N–H and O–H groups in total. The number of carbonyl (C=O) groups excluding carboxylic acids is 1. The molecule has 0 spiro atoms. The van der Waals surface area contributed by atoms with E-state index in [2.05, 4.69) is 4.72 Å². The fraction of sp³-hybridized carbons (Fsp3) is 0.188. The van der Waals surface area contributed by atoms with Crippen molar-refractivity contribution in [3.05, 3.63) is 59.6 Å². The second-order valence-electron chi connectivity index (χ2n) is 5.32. The maximum atomic E-state index is 12.3. The third kappa shape index (κ3) is 3.55. The largest absolute Gasteiger partial charge is 0.311 e. The van der Waals surface area contributed by atoms with Crippen LogP contribution in [0.3, 0.4) is 0 Å². The Bertz CT molecular complexity index is 807. The molecule has 1 saturated heterocycles. The second-order valence-corrected chi connectivity index (χ2v) is 7.47. The van der Waals surface area contributed by atoms with Gasteiger partial charge in [0.15, 0.2) is 0 Å². The lowest BCUT2D eigenvalue weighted by Gasteiger charge is -2.17. The molecule has 120 valence electrons. The first kappa shape index (κ1) is 16.0. The summed E-state index contributed by atoms with van der Waals surface area (Å²) in [6, 6.07) is 14.6. The van der Waals surface area contributed by atoms with Crippen LogP contribution in [0.4, 0.5) is 5.69 Å². The van der Waals surface area contributed by atoms with Crippen LogP contribution in [0, 0.1) is 0 Å². The molecular weight excluding hydrogens is 336 g/mol. The van der Waals surface area contributed by atoms with Gasteiger partial charge in [-0.2, -0.15) is 0 Å². The van der Waals surface area contributed by atoms with Crippen LogP contribution in [0.1, 0.15) is 6.42 Å². The number of benzene rings is 2. The summed E-state index contributed by atoms with van der Waals surface area (Å²) in [4.78, 5) is 13.9. The van der Waals surface area contributed by atoms with Crippen molar-refractivity contribution in [2.75, 3.05) is 11.4 Å². The number of halogens is 1. The SMILES string of the molecule is O=C1C[C@@H](NS(=O)(=O)c2ccccc2)CN1c1ccc(Cl)cc1. The molecule has 2 aromatic carbocycles. The van der Waals surface area contributed by atoms with E-state index in [0.717, 1.165) is 0 Å². The Labute approximate surface area is 139 Å². The zero-order valence-corrected chi connectivity index (χ0v) is 13.7. The molecule has 3 rings (SSSR count). The highest BCUT2D eigenvalue weighted by Crippen LogP contribution is 2.24. The van der Waals surface area contributed by atoms with E-state index >= 15 is 0 Å². The van der Waals surface area contributed by atoms with Crippen LogP contribution in [0.15, 0.2) is 59.5 Å². The number of amides is 1. The summed E-state index contributed by atoms with van der Waals surface area (Å²) < 4.78 is 27.2. The number of hydrogen-bond donors (Lipinski definition) is 1. The first-order valence-electron chi connectivity index (χ1n) is 7.09. The normalized spacial score (nSPS) is 18.4. The Balaban J connectivity index is 1.74. The highest BCUT2D eigenvalue weighted by Gasteiger charge is 2.33. The number of sulfonamides is 1. The smallest absolute Gasteiger partial charge is 0.240 e. The van der Waals surface area contributed by atoms with Crippen LogP contribution in [0.25, 0.3) is 0 Å². The standard InChI is InChI=1S/C16H15ClN2O3S/c17-12-6-8-14(9-7-12)19-11-13(10-16(19)20)18-23(21,22)15-4-2-1-3-5-15/h1-9,13,18H,10-11H2/t13-/m1/s1. The summed E-state index contributed by atoms with van der Waals surface area (Å²) in [5.41, 5.74) is 0.709. The minimum Gasteiger partial charge on any atom is -0.311 e. The number of rotatable bonds is 4. The molecule has 1 heterocycles. The van der Waals surface area contributed by atoms with Gasteiger partial charge in [-0.25, -0.2) is 13.1 Å². The average Bonchev–Trinajstić information content (AvgIpc) is 2.89. The van der Waals surface area contributed by atoms with Crippen molar-refractivity contribution in [2.24, 2.45) is 0 Å².